The fraction of sp³-hybridized carbons (Fsp3) is 0.188. The predicted molar refractivity (Wildman–Crippen MR) is 88.0 cm³/mol. The molecule has 0 bridgehead atoms. The molecule has 0 unspecified atom stereocenters. The number of carbonyl (C=O) groups excluding carboxylic acids is 1. The van der Waals surface area contributed by atoms with Gasteiger partial charge in [0.1, 0.15) is 5.37 Å². The van der Waals surface area contributed by atoms with E-state index in [1.807, 2.05) is 41.3 Å². The summed E-state index contributed by atoms with van der Waals surface area (Å²) in [6.45, 7) is 2.05. The van der Waals surface area contributed by atoms with Crippen LogP contribution in [0, 0.1) is 6.92 Å². The number of rotatable bonds is 2. The van der Waals surface area contributed by atoms with Gasteiger partial charge >= 0.3 is 0 Å². The molecule has 0 saturated carbocycles. The highest BCUT2D eigenvalue weighted by Crippen LogP contribution is 2.41. The van der Waals surface area contributed by atoms with Crippen LogP contribution in [0.1, 0.15) is 16.5 Å². The van der Waals surface area contributed by atoms with Gasteiger partial charge in [-0.1, -0.05) is 45.8 Å². The number of carbonyl (C=O) groups is 1. The second kappa shape index (κ2) is 5.62. The normalized spacial score (nSPS) is 18.6. The third-order valence-corrected chi connectivity index (χ3v) is 5.08. The van der Waals surface area contributed by atoms with Crippen LogP contribution in [0.25, 0.3) is 0 Å². The number of hydrogen-bond donors (Lipinski definition) is 0. The van der Waals surface area contributed by atoms with Gasteiger partial charge in [0.25, 0.3) is 0 Å². The summed E-state index contributed by atoms with van der Waals surface area (Å²) in [5, 5.41) is 0.0679. The van der Waals surface area contributed by atoms with Crippen molar-refractivity contribution in [2.24, 2.45) is 0 Å². The summed E-state index contributed by atoms with van der Waals surface area (Å²) in [6.07, 6.45) is 0. The van der Waals surface area contributed by atoms with Crippen LogP contribution in [0.5, 0.6) is 0 Å². The molecule has 2 nitrogen and oxygen atoms in total. The zero-order valence-electron chi connectivity index (χ0n) is 11.0. The molecular weight excluding hydrogens is 334 g/mol. The number of nitrogens with zero attached hydrogens (tertiary/aromatic N) is 1. The second-order valence-electron chi connectivity index (χ2n) is 4.81. The van der Waals surface area contributed by atoms with E-state index in [9.17, 15) is 4.79 Å². The monoisotopic (exact) mass is 347 g/mol. The lowest BCUT2D eigenvalue weighted by Gasteiger charge is -2.24. The Hall–Kier alpha value is -1.26. The second-order valence-corrected chi connectivity index (χ2v) is 6.80. The first kappa shape index (κ1) is 13.7. The van der Waals surface area contributed by atoms with Crippen molar-refractivity contribution < 1.29 is 4.79 Å². The molecule has 2 aromatic rings. The largest absolute Gasteiger partial charge is 0.295 e. The van der Waals surface area contributed by atoms with Gasteiger partial charge in [-0.05, 0) is 36.8 Å². The Kier molecular flexibility index (Phi) is 3.85. The van der Waals surface area contributed by atoms with E-state index in [0.29, 0.717) is 5.75 Å². The first-order valence-electron chi connectivity index (χ1n) is 6.41. The summed E-state index contributed by atoms with van der Waals surface area (Å²) < 4.78 is 1.05. The number of hydrogen-bond acceptors (Lipinski definition) is 2. The first-order valence-corrected chi connectivity index (χ1v) is 8.25. The number of benzene rings is 2. The van der Waals surface area contributed by atoms with Crippen molar-refractivity contribution in [3.05, 3.63) is 64.1 Å². The van der Waals surface area contributed by atoms with E-state index in [4.69, 9.17) is 0 Å². The van der Waals surface area contributed by atoms with Crippen molar-refractivity contribution in [3.63, 3.8) is 0 Å². The smallest absolute Gasteiger partial charge is 0.238 e. The lowest BCUT2D eigenvalue weighted by atomic mass is 10.1. The minimum absolute atomic E-state index is 0.0679. The average molecular weight is 348 g/mol. The highest BCUT2D eigenvalue weighted by atomic mass is 79.9. The lowest BCUT2D eigenvalue weighted by Crippen LogP contribution is -2.27. The number of anilines is 1. The van der Waals surface area contributed by atoms with Crippen molar-refractivity contribution in [2.45, 2.75) is 12.3 Å². The number of amides is 1. The van der Waals surface area contributed by atoms with Gasteiger partial charge in [0, 0.05) is 10.2 Å². The Labute approximate surface area is 131 Å². The molecule has 102 valence electrons. The van der Waals surface area contributed by atoms with Crippen LogP contribution in [0.15, 0.2) is 53.0 Å². The van der Waals surface area contributed by atoms with Crippen LogP contribution >= 0.6 is 27.7 Å². The molecule has 1 fully saturated rings. The molecule has 1 atom stereocenters. The third kappa shape index (κ3) is 2.63. The van der Waals surface area contributed by atoms with Gasteiger partial charge in [0.2, 0.25) is 5.91 Å². The summed E-state index contributed by atoms with van der Waals surface area (Å²) in [7, 11) is 0. The van der Waals surface area contributed by atoms with Crippen molar-refractivity contribution in [1.29, 1.82) is 0 Å². The summed E-state index contributed by atoms with van der Waals surface area (Å²) in [6, 6.07) is 16.3. The van der Waals surface area contributed by atoms with Crippen LogP contribution in [0.3, 0.4) is 0 Å². The quantitative estimate of drug-likeness (QED) is 0.794. The molecule has 1 amide bonds. The molecular formula is C16H14BrNOS. The molecule has 3 rings (SSSR count). The third-order valence-electron chi connectivity index (χ3n) is 3.34. The van der Waals surface area contributed by atoms with Crippen molar-refractivity contribution in [1.82, 2.24) is 0 Å². The minimum atomic E-state index is 0.0679. The van der Waals surface area contributed by atoms with Crippen LogP contribution in [-0.4, -0.2) is 11.7 Å². The minimum Gasteiger partial charge on any atom is -0.295 e. The van der Waals surface area contributed by atoms with Crippen molar-refractivity contribution >= 4 is 39.3 Å². The molecule has 1 aliphatic rings. The molecule has 1 heterocycles. The topological polar surface area (TPSA) is 20.3 Å². The van der Waals surface area contributed by atoms with E-state index in [1.54, 1.807) is 11.8 Å². The van der Waals surface area contributed by atoms with Crippen molar-refractivity contribution in [2.75, 3.05) is 10.7 Å². The maximum absolute atomic E-state index is 12.2. The fourth-order valence-corrected chi connectivity index (χ4v) is 3.72. The van der Waals surface area contributed by atoms with Gasteiger partial charge in [0.05, 0.1) is 5.75 Å². The van der Waals surface area contributed by atoms with Gasteiger partial charge in [-0.15, -0.1) is 11.8 Å². The maximum atomic E-state index is 12.2. The molecule has 0 aromatic heterocycles. The molecule has 0 N–H and O–H groups in total. The number of thioether (sulfide) groups is 1. The number of halogens is 1. The Morgan fingerprint density at radius 3 is 2.40 bits per heavy atom. The molecule has 2 aromatic carbocycles. The zero-order valence-corrected chi connectivity index (χ0v) is 13.4. The van der Waals surface area contributed by atoms with Crippen LogP contribution in [0.4, 0.5) is 5.69 Å². The highest BCUT2D eigenvalue weighted by molar-refractivity contribution is 9.10. The van der Waals surface area contributed by atoms with E-state index >= 15 is 0 Å². The molecule has 0 aliphatic carbocycles. The Bertz CT molecular complexity index is 624. The van der Waals surface area contributed by atoms with Crippen LogP contribution in [-0.2, 0) is 4.79 Å². The van der Waals surface area contributed by atoms with E-state index in [-0.39, 0.29) is 11.3 Å². The summed E-state index contributed by atoms with van der Waals surface area (Å²) >= 11 is 5.12. The lowest BCUT2D eigenvalue weighted by molar-refractivity contribution is -0.115. The van der Waals surface area contributed by atoms with E-state index in [1.165, 1.54) is 5.56 Å². The molecule has 20 heavy (non-hydrogen) atoms. The average Bonchev–Trinajstić information content (AvgIpc) is 2.83. The van der Waals surface area contributed by atoms with Crippen LogP contribution in [0.2, 0.25) is 0 Å². The summed E-state index contributed by atoms with van der Waals surface area (Å²) in [5.74, 6) is 0.709. The first-order chi connectivity index (χ1) is 9.65. The SMILES string of the molecule is Cc1ccc(N2C(=O)CS[C@@H]2c2ccc(Br)cc2)cc1. The fourth-order valence-electron chi connectivity index (χ4n) is 2.28. The van der Waals surface area contributed by atoms with E-state index in [2.05, 4.69) is 35.0 Å². The maximum Gasteiger partial charge on any atom is 0.238 e. The van der Waals surface area contributed by atoms with Gasteiger partial charge < -0.3 is 0 Å². The van der Waals surface area contributed by atoms with Gasteiger partial charge in [-0.25, -0.2) is 0 Å². The van der Waals surface area contributed by atoms with Gasteiger partial charge in [-0.2, -0.15) is 0 Å². The highest BCUT2D eigenvalue weighted by Gasteiger charge is 2.33. The molecule has 0 radical (unpaired) electrons. The molecule has 0 spiro atoms. The Morgan fingerprint density at radius 2 is 1.75 bits per heavy atom. The summed E-state index contributed by atoms with van der Waals surface area (Å²) in [5.41, 5.74) is 3.33. The molecule has 4 heteroatoms. The van der Waals surface area contributed by atoms with Gasteiger partial charge in [-0.3, -0.25) is 9.69 Å². The molecule has 1 aliphatic heterocycles. The van der Waals surface area contributed by atoms with Crippen LogP contribution < -0.4 is 4.90 Å². The zero-order chi connectivity index (χ0) is 14.1. The Morgan fingerprint density at radius 1 is 1.10 bits per heavy atom. The predicted octanol–water partition coefficient (Wildman–Crippen LogP) is 4.54. The number of aryl methyl sites for hydroxylation is 1. The Balaban J connectivity index is 1.96. The van der Waals surface area contributed by atoms with E-state index < -0.39 is 0 Å². The van der Waals surface area contributed by atoms with E-state index in [0.717, 1.165) is 15.7 Å². The van der Waals surface area contributed by atoms with Crippen molar-refractivity contribution in [3.8, 4) is 0 Å². The standard InChI is InChI=1S/C16H14BrNOS/c1-11-2-8-14(9-3-11)18-15(19)10-20-16(18)12-4-6-13(17)7-5-12/h2-9,16H,10H2,1H3/t16-/m1/s1. The van der Waals surface area contributed by atoms with Gasteiger partial charge in [0.15, 0.2) is 0 Å². The summed E-state index contributed by atoms with van der Waals surface area (Å²) in [4.78, 5) is 14.1. The molecule has 1 saturated heterocycles.